The molecule has 2 aromatic carbocycles. The third-order valence-electron chi connectivity index (χ3n) is 6.67. The fraction of sp³-hybridized carbons (Fsp3) is 0.385. The van der Waals surface area contributed by atoms with Crippen molar-refractivity contribution < 1.29 is 27.8 Å². The minimum atomic E-state index is -4.38. The lowest BCUT2D eigenvalue weighted by molar-refractivity contribution is -0.137. The minimum absolute atomic E-state index is 0.223. The Balaban J connectivity index is 1.54. The van der Waals surface area contributed by atoms with Gasteiger partial charge in [0.05, 0.1) is 42.1 Å². The molecule has 1 aromatic heterocycles. The van der Waals surface area contributed by atoms with E-state index < -0.39 is 23.9 Å². The predicted molar refractivity (Wildman–Crippen MR) is 128 cm³/mol. The molecular weight excluding hydrogens is 473 g/mol. The number of benzene rings is 2. The summed E-state index contributed by atoms with van der Waals surface area (Å²) in [5, 5.41) is 18.9. The van der Waals surface area contributed by atoms with Crippen molar-refractivity contribution in [2.45, 2.75) is 51.8 Å². The molecule has 36 heavy (non-hydrogen) atoms. The van der Waals surface area contributed by atoms with Crippen LogP contribution in [0.2, 0.25) is 0 Å². The number of rotatable bonds is 7. The SMILES string of the molecule is COC(=O)c1ccc([C@H](C)NC(O)c2c(C)nn3c2N([C@H](C)c2ccc(C(F)(F)F)cc2)CC3)cc1. The maximum Gasteiger partial charge on any atom is 0.416 e. The highest BCUT2D eigenvalue weighted by Crippen LogP contribution is 2.39. The number of anilines is 1. The molecule has 10 heteroatoms. The molecule has 3 atom stereocenters. The Kier molecular flexibility index (Phi) is 7.10. The zero-order chi connectivity index (χ0) is 26.2. The number of esters is 1. The first-order valence-corrected chi connectivity index (χ1v) is 11.6. The minimum Gasteiger partial charge on any atom is -0.465 e. The number of nitrogens with one attached hydrogen (secondary N) is 1. The van der Waals surface area contributed by atoms with Gasteiger partial charge in [-0.2, -0.15) is 18.3 Å². The van der Waals surface area contributed by atoms with Gasteiger partial charge in [-0.15, -0.1) is 0 Å². The molecule has 2 heterocycles. The summed E-state index contributed by atoms with van der Waals surface area (Å²) in [5.74, 6) is 0.323. The first kappa shape index (κ1) is 25.7. The fourth-order valence-corrected chi connectivity index (χ4v) is 4.62. The molecular formula is C26H29F3N4O3. The number of hydrogen-bond acceptors (Lipinski definition) is 6. The quantitative estimate of drug-likeness (QED) is 0.353. The third kappa shape index (κ3) is 4.96. The number of aromatic nitrogens is 2. The summed E-state index contributed by atoms with van der Waals surface area (Å²) in [6.45, 7) is 6.88. The van der Waals surface area contributed by atoms with Crippen molar-refractivity contribution >= 4 is 11.8 Å². The van der Waals surface area contributed by atoms with Gasteiger partial charge in [-0.3, -0.25) is 5.32 Å². The molecule has 3 aromatic rings. The van der Waals surface area contributed by atoms with Crippen LogP contribution in [-0.2, 0) is 17.5 Å². The number of carbonyl (C=O) groups is 1. The summed E-state index contributed by atoms with van der Waals surface area (Å²) in [7, 11) is 1.32. The summed E-state index contributed by atoms with van der Waals surface area (Å²) in [6, 6.07) is 11.6. The molecule has 0 radical (unpaired) electrons. The van der Waals surface area contributed by atoms with Gasteiger partial charge in [0, 0.05) is 12.6 Å². The Morgan fingerprint density at radius 3 is 2.25 bits per heavy atom. The van der Waals surface area contributed by atoms with E-state index in [4.69, 9.17) is 4.74 Å². The Bertz CT molecular complexity index is 1220. The summed E-state index contributed by atoms with van der Waals surface area (Å²) in [4.78, 5) is 13.7. The number of alkyl halides is 3. The monoisotopic (exact) mass is 502 g/mol. The molecule has 7 nitrogen and oxygen atoms in total. The molecule has 0 fully saturated rings. The van der Waals surface area contributed by atoms with Crippen molar-refractivity contribution in [3.63, 3.8) is 0 Å². The van der Waals surface area contributed by atoms with E-state index in [2.05, 4.69) is 15.3 Å². The molecule has 4 rings (SSSR count). The van der Waals surface area contributed by atoms with Gasteiger partial charge in [-0.1, -0.05) is 24.3 Å². The predicted octanol–water partition coefficient (Wildman–Crippen LogP) is 4.92. The number of ether oxygens (including phenoxy) is 1. The van der Waals surface area contributed by atoms with Crippen LogP contribution < -0.4 is 10.2 Å². The summed E-state index contributed by atoms with van der Waals surface area (Å²) >= 11 is 0. The molecule has 0 amide bonds. The summed E-state index contributed by atoms with van der Waals surface area (Å²) in [6.07, 6.45) is -5.42. The Morgan fingerprint density at radius 1 is 1.06 bits per heavy atom. The second-order valence-electron chi connectivity index (χ2n) is 8.94. The van der Waals surface area contributed by atoms with Crippen LogP contribution in [0.4, 0.5) is 19.0 Å². The van der Waals surface area contributed by atoms with Crippen LogP contribution in [0.5, 0.6) is 0 Å². The Morgan fingerprint density at radius 2 is 1.67 bits per heavy atom. The van der Waals surface area contributed by atoms with Gasteiger partial charge >= 0.3 is 12.1 Å². The van der Waals surface area contributed by atoms with Gasteiger partial charge < -0.3 is 14.7 Å². The Labute approximate surface area is 207 Å². The van der Waals surface area contributed by atoms with E-state index in [-0.39, 0.29) is 12.1 Å². The van der Waals surface area contributed by atoms with Gasteiger partial charge in [0.2, 0.25) is 0 Å². The number of aliphatic hydroxyl groups excluding tert-OH is 1. The molecule has 1 aliphatic rings. The first-order chi connectivity index (χ1) is 17.0. The maximum absolute atomic E-state index is 13.0. The molecule has 0 saturated heterocycles. The molecule has 0 bridgehead atoms. The average molecular weight is 503 g/mol. The number of nitrogens with zero attached hydrogens (tertiary/aromatic N) is 3. The number of aryl methyl sites for hydroxylation is 1. The zero-order valence-electron chi connectivity index (χ0n) is 20.5. The summed E-state index contributed by atoms with van der Waals surface area (Å²) < 4.78 is 45.5. The maximum atomic E-state index is 13.0. The van der Waals surface area contributed by atoms with Crippen molar-refractivity contribution in [2.75, 3.05) is 18.6 Å². The van der Waals surface area contributed by atoms with E-state index in [1.165, 1.54) is 19.2 Å². The molecule has 0 aliphatic carbocycles. The molecule has 1 unspecified atom stereocenters. The van der Waals surface area contributed by atoms with Crippen molar-refractivity contribution in [3.8, 4) is 0 Å². The van der Waals surface area contributed by atoms with E-state index in [1.54, 1.807) is 24.3 Å². The zero-order valence-corrected chi connectivity index (χ0v) is 20.5. The van der Waals surface area contributed by atoms with E-state index in [0.29, 0.717) is 29.9 Å². The lowest BCUT2D eigenvalue weighted by Gasteiger charge is -2.29. The third-order valence-corrected chi connectivity index (χ3v) is 6.67. The molecule has 2 N–H and O–H groups in total. The molecule has 192 valence electrons. The second-order valence-corrected chi connectivity index (χ2v) is 8.94. The van der Waals surface area contributed by atoms with Crippen molar-refractivity contribution in [1.29, 1.82) is 0 Å². The van der Waals surface area contributed by atoms with Gasteiger partial charge in [-0.25, -0.2) is 9.48 Å². The molecule has 0 saturated carbocycles. The van der Waals surface area contributed by atoms with Crippen LogP contribution in [0.1, 0.15) is 70.5 Å². The van der Waals surface area contributed by atoms with E-state index in [1.807, 2.05) is 25.5 Å². The van der Waals surface area contributed by atoms with Crippen molar-refractivity contribution in [3.05, 3.63) is 82.0 Å². The van der Waals surface area contributed by atoms with Gasteiger partial charge in [0.15, 0.2) is 0 Å². The number of aliphatic hydroxyl groups is 1. The average Bonchev–Trinajstić information content (AvgIpc) is 3.40. The molecule has 1 aliphatic heterocycles. The highest BCUT2D eigenvalue weighted by atomic mass is 19.4. The second kappa shape index (κ2) is 9.94. The lowest BCUT2D eigenvalue weighted by Crippen LogP contribution is -2.29. The number of hydrogen-bond donors (Lipinski definition) is 2. The van der Waals surface area contributed by atoms with Gasteiger partial charge in [0.1, 0.15) is 12.0 Å². The van der Waals surface area contributed by atoms with E-state index >= 15 is 0 Å². The number of methoxy groups -OCH3 is 1. The lowest BCUT2D eigenvalue weighted by atomic mass is 10.0. The number of halogens is 3. The highest BCUT2D eigenvalue weighted by Gasteiger charge is 2.34. The van der Waals surface area contributed by atoms with Crippen LogP contribution in [0.25, 0.3) is 0 Å². The van der Waals surface area contributed by atoms with Crippen molar-refractivity contribution in [1.82, 2.24) is 15.1 Å². The van der Waals surface area contributed by atoms with E-state index in [9.17, 15) is 23.1 Å². The van der Waals surface area contributed by atoms with Crippen molar-refractivity contribution in [2.24, 2.45) is 0 Å². The first-order valence-electron chi connectivity index (χ1n) is 11.6. The fourth-order valence-electron chi connectivity index (χ4n) is 4.62. The number of fused-ring (bicyclic) bond motifs is 1. The van der Waals surface area contributed by atoms with Crippen LogP contribution in [0.15, 0.2) is 48.5 Å². The van der Waals surface area contributed by atoms with Gasteiger partial charge in [-0.05, 0) is 56.2 Å². The number of carbonyl (C=O) groups excluding carboxylic acids is 1. The van der Waals surface area contributed by atoms with Crippen LogP contribution in [0, 0.1) is 6.92 Å². The largest absolute Gasteiger partial charge is 0.465 e. The smallest absolute Gasteiger partial charge is 0.416 e. The standard InChI is InChI=1S/C26H29F3N4O3/c1-15(18-5-7-20(8-6-18)25(35)36-4)30-23(34)22-16(2)31-33-14-13-32(24(22)33)17(3)19-9-11-21(12-10-19)26(27,28)29/h5-12,15,17,23,30,34H,13-14H2,1-4H3/t15-,17+,23?/m0/s1. The van der Waals surface area contributed by atoms with Crippen LogP contribution >= 0.6 is 0 Å². The van der Waals surface area contributed by atoms with E-state index in [0.717, 1.165) is 29.1 Å². The topological polar surface area (TPSA) is 79.6 Å². The van der Waals surface area contributed by atoms with Crippen LogP contribution in [0.3, 0.4) is 0 Å². The van der Waals surface area contributed by atoms with Gasteiger partial charge in [0.25, 0.3) is 0 Å². The molecule has 0 spiro atoms. The normalized spacial score (nSPS) is 15.9. The highest BCUT2D eigenvalue weighted by molar-refractivity contribution is 5.89. The van der Waals surface area contributed by atoms with Crippen LogP contribution in [-0.4, -0.2) is 34.5 Å². The Hall–Kier alpha value is -3.37. The summed E-state index contributed by atoms with van der Waals surface area (Å²) in [5.41, 5.74) is 2.66.